The molecule has 2 N–H and O–H groups in total. The number of rotatable bonds is 4. The van der Waals surface area contributed by atoms with E-state index >= 15 is 0 Å². The molecule has 1 aromatic carbocycles. The standard InChI is InChI=1S/C16H15N5O3S/c17-8-11-2-1-3-12(6-11)21-16(22)14-7-15(19-10-18-14)20-13-4-5-25(23,24)9-13/h1-3,6-7,10,13H,4-5,9H2,(H,21,22)(H,18,19,20). The summed E-state index contributed by atoms with van der Waals surface area (Å²) < 4.78 is 23.0. The van der Waals surface area contributed by atoms with Gasteiger partial charge in [0.1, 0.15) is 17.8 Å². The van der Waals surface area contributed by atoms with Gasteiger partial charge in [-0.15, -0.1) is 0 Å². The van der Waals surface area contributed by atoms with Gasteiger partial charge >= 0.3 is 0 Å². The van der Waals surface area contributed by atoms with E-state index in [9.17, 15) is 13.2 Å². The molecule has 2 aromatic rings. The number of hydrogen-bond acceptors (Lipinski definition) is 7. The molecular formula is C16H15N5O3S. The van der Waals surface area contributed by atoms with Crippen LogP contribution < -0.4 is 10.6 Å². The van der Waals surface area contributed by atoms with Crippen molar-refractivity contribution in [3.8, 4) is 6.07 Å². The molecule has 1 aliphatic rings. The summed E-state index contributed by atoms with van der Waals surface area (Å²) in [5, 5.41) is 14.6. The fraction of sp³-hybridized carbons (Fsp3) is 0.250. The van der Waals surface area contributed by atoms with Crippen molar-refractivity contribution >= 4 is 27.2 Å². The third-order valence-corrected chi connectivity index (χ3v) is 5.50. The number of anilines is 2. The highest BCUT2D eigenvalue weighted by molar-refractivity contribution is 7.91. The van der Waals surface area contributed by atoms with Gasteiger partial charge in [0.05, 0.1) is 23.1 Å². The third kappa shape index (κ3) is 4.30. The zero-order valence-corrected chi connectivity index (χ0v) is 14.0. The maximum atomic E-state index is 12.3. The average Bonchev–Trinajstić information content (AvgIpc) is 2.93. The lowest BCUT2D eigenvalue weighted by atomic mass is 10.2. The zero-order valence-electron chi connectivity index (χ0n) is 13.1. The lowest BCUT2D eigenvalue weighted by Crippen LogP contribution is -2.22. The molecular weight excluding hydrogens is 342 g/mol. The van der Waals surface area contributed by atoms with Crippen LogP contribution in [0, 0.1) is 11.3 Å². The van der Waals surface area contributed by atoms with Crippen molar-refractivity contribution in [1.82, 2.24) is 9.97 Å². The number of carbonyl (C=O) groups is 1. The van der Waals surface area contributed by atoms with Crippen LogP contribution >= 0.6 is 0 Å². The van der Waals surface area contributed by atoms with E-state index in [0.29, 0.717) is 23.5 Å². The van der Waals surface area contributed by atoms with E-state index in [4.69, 9.17) is 5.26 Å². The second kappa shape index (κ2) is 6.86. The fourth-order valence-electron chi connectivity index (χ4n) is 2.54. The second-order valence-corrected chi connectivity index (χ2v) is 7.91. The van der Waals surface area contributed by atoms with Gasteiger partial charge in [0.2, 0.25) is 0 Å². The van der Waals surface area contributed by atoms with Crippen LogP contribution in [-0.2, 0) is 9.84 Å². The van der Waals surface area contributed by atoms with E-state index in [1.54, 1.807) is 24.3 Å². The maximum Gasteiger partial charge on any atom is 0.274 e. The first kappa shape index (κ1) is 16.9. The van der Waals surface area contributed by atoms with E-state index in [1.807, 2.05) is 6.07 Å². The second-order valence-electron chi connectivity index (χ2n) is 5.68. The van der Waals surface area contributed by atoms with Gasteiger partial charge in [-0.3, -0.25) is 4.79 Å². The van der Waals surface area contributed by atoms with Gasteiger partial charge in [-0.25, -0.2) is 18.4 Å². The Balaban J connectivity index is 1.70. The van der Waals surface area contributed by atoms with Gasteiger partial charge < -0.3 is 10.6 Å². The molecule has 1 amide bonds. The number of nitriles is 1. The minimum absolute atomic E-state index is 0.0550. The minimum Gasteiger partial charge on any atom is -0.366 e. The van der Waals surface area contributed by atoms with Crippen molar-refractivity contribution in [2.75, 3.05) is 22.1 Å². The van der Waals surface area contributed by atoms with E-state index in [-0.39, 0.29) is 23.2 Å². The highest BCUT2D eigenvalue weighted by Crippen LogP contribution is 2.17. The highest BCUT2D eigenvalue weighted by atomic mass is 32.2. The molecule has 9 heteroatoms. The Morgan fingerprint density at radius 1 is 1.28 bits per heavy atom. The van der Waals surface area contributed by atoms with Crippen molar-refractivity contribution in [3.63, 3.8) is 0 Å². The van der Waals surface area contributed by atoms with Gasteiger partial charge in [0, 0.05) is 17.8 Å². The summed E-state index contributed by atoms with van der Waals surface area (Å²) in [6.07, 6.45) is 1.75. The molecule has 0 aliphatic carbocycles. The van der Waals surface area contributed by atoms with Crippen LogP contribution in [0.4, 0.5) is 11.5 Å². The van der Waals surface area contributed by atoms with Crippen LogP contribution in [0.5, 0.6) is 0 Å². The van der Waals surface area contributed by atoms with Crippen LogP contribution in [0.25, 0.3) is 0 Å². The SMILES string of the molecule is N#Cc1cccc(NC(=O)c2cc(NC3CCS(=O)(=O)C3)ncn2)c1. The lowest BCUT2D eigenvalue weighted by Gasteiger charge is -2.12. The van der Waals surface area contributed by atoms with Gasteiger partial charge in [-0.05, 0) is 24.6 Å². The van der Waals surface area contributed by atoms with Crippen molar-refractivity contribution in [2.45, 2.75) is 12.5 Å². The van der Waals surface area contributed by atoms with Crippen LogP contribution in [0.2, 0.25) is 0 Å². The van der Waals surface area contributed by atoms with E-state index < -0.39 is 15.7 Å². The number of carbonyl (C=O) groups excluding carboxylic acids is 1. The van der Waals surface area contributed by atoms with Crippen molar-refractivity contribution < 1.29 is 13.2 Å². The topological polar surface area (TPSA) is 125 Å². The molecule has 2 heterocycles. The minimum atomic E-state index is -3.00. The first-order chi connectivity index (χ1) is 11.9. The Labute approximate surface area is 144 Å². The Morgan fingerprint density at radius 2 is 2.12 bits per heavy atom. The largest absolute Gasteiger partial charge is 0.366 e. The van der Waals surface area contributed by atoms with Crippen LogP contribution in [0.15, 0.2) is 36.7 Å². The van der Waals surface area contributed by atoms with Crippen LogP contribution in [0.3, 0.4) is 0 Å². The third-order valence-electron chi connectivity index (χ3n) is 3.73. The fourth-order valence-corrected chi connectivity index (χ4v) is 4.21. The molecule has 1 fully saturated rings. The maximum absolute atomic E-state index is 12.3. The number of nitrogens with zero attached hydrogens (tertiary/aromatic N) is 3. The summed E-state index contributed by atoms with van der Waals surface area (Å²) in [4.78, 5) is 20.3. The average molecular weight is 357 g/mol. The van der Waals surface area contributed by atoms with Crippen molar-refractivity contribution in [1.29, 1.82) is 5.26 Å². The molecule has 1 unspecified atom stereocenters. The number of aromatic nitrogens is 2. The molecule has 8 nitrogen and oxygen atoms in total. The summed E-state index contributed by atoms with van der Waals surface area (Å²) in [5.74, 6) is 0.158. The highest BCUT2D eigenvalue weighted by Gasteiger charge is 2.28. The van der Waals surface area contributed by atoms with Crippen LogP contribution in [-0.4, -0.2) is 41.8 Å². The summed E-state index contributed by atoms with van der Waals surface area (Å²) in [6.45, 7) is 0. The van der Waals surface area contributed by atoms with E-state index in [2.05, 4.69) is 20.6 Å². The number of hydrogen-bond donors (Lipinski definition) is 2. The van der Waals surface area contributed by atoms with E-state index in [0.717, 1.165) is 0 Å². The first-order valence-corrected chi connectivity index (χ1v) is 9.38. The number of amides is 1. The number of benzene rings is 1. The molecule has 25 heavy (non-hydrogen) atoms. The predicted octanol–water partition coefficient (Wildman–Crippen LogP) is 1.20. The van der Waals surface area contributed by atoms with Gasteiger partial charge in [0.25, 0.3) is 5.91 Å². The van der Waals surface area contributed by atoms with Gasteiger partial charge in [-0.1, -0.05) is 6.07 Å². The Morgan fingerprint density at radius 3 is 2.84 bits per heavy atom. The Kier molecular flexibility index (Phi) is 4.63. The van der Waals surface area contributed by atoms with Crippen LogP contribution in [0.1, 0.15) is 22.5 Å². The zero-order chi connectivity index (χ0) is 17.9. The molecule has 1 saturated heterocycles. The molecule has 1 aromatic heterocycles. The summed E-state index contributed by atoms with van der Waals surface area (Å²) in [5.41, 5.74) is 1.06. The first-order valence-electron chi connectivity index (χ1n) is 7.56. The van der Waals surface area contributed by atoms with Crippen molar-refractivity contribution in [2.24, 2.45) is 0 Å². The number of nitrogens with one attached hydrogen (secondary N) is 2. The Bertz CT molecular complexity index is 952. The summed E-state index contributed by atoms with van der Waals surface area (Å²) >= 11 is 0. The predicted molar refractivity (Wildman–Crippen MR) is 91.8 cm³/mol. The molecule has 0 saturated carbocycles. The molecule has 0 bridgehead atoms. The molecule has 1 atom stereocenters. The summed E-state index contributed by atoms with van der Waals surface area (Å²) in [7, 11) is -3.00. The van der Waals surface area contributed by atoms with Gasteiger partial charge in [0.15, 0.2) is 9.84 Å². The lowest BCUT2D eigenvalue weighted by molar-refractivity contribution is 0.102. The monoisotopic (exact) mass is 357 g/mol. The molecule has 128 valence electrons. The summed E-state index contributed by atoms with van der Waals surface area (Å²) in [6, 6.07) is 9.78. The molecule has 3 rings (SSSR count). The van der Waals surface area contributed by atoms with Crippen molar-refractivity contribution in [3.05, 3.63) is 47.9 Å². The van der Waals surface area contributed by atoms with E-state index in [1.165, 1.54) is 12.4 Å². The molecule has 0 radical (unpaired) electrons. The normalized spacial score (nSPS) is 18.3. The Hall–Kier alpha value is -2.99. The number of sulfone groups is 1. The quantitative estimate of drug-likeness (QED) is 0.842. The smallest absolute Gasteiger partial charge is 0.274 e. The van der Waals surface area contributed by atoms with Gasteiger partial charge in [-0.2, -0.15) is 5.26 Å². The molecule has 0 spiro atoms. The molecule has 1 aliphatic heterocycles.